The van der Waals surface area contributed by atoms with Gasteiger partial charge in [-0.25, -0.2) is 0 Å². The molecule has 0 spiro atoms. The largest absolute Gasteiger partial charge is 0.376 e. The number of carbonyl (C=O) groups is 1. The van der Waals surface area contributed by atoms with Gasteiger partial charge in [0.15, 0.2) is 0 Å². The second-order valence-corrected chi connectivity index (χ2v) is 8.10. The Labute approximate surface area is 173 Å². The highest BCUT2D eigenvalue weighted by atomic mass is 16.5. The minimum Gasteiger partial charge on any atom is -0.376 e. The summed E-state index contributed by atoms with van der Waals surface area (Å²) in [5.41, 5.74) is 4.61. The summed E-state index contributed by atoms with van der Waals surface area (Å²) in [6.45, 7) is 8.61. The number of hydrogen-bond acceptors (Lipinski definition) is 4. The first-order chi connectivity index (χ1) is 14.2. The molecule has 2 aromatic carbocycles. The van der Waals surface area contributed by atoms with Gasteiger partial charge in [0.2, 0.25) is 0 Å². The van der Waals surface area contributed by atoms with Crippen LogP contribution in [0.2, 0.25) is 0 Å². The molecular formula is C24H31N3O2. The summed E-state index contributed by atoms with van der Waals surface area (Å²) in [6, 6.07) is 16.6. The molecule has 1 N–H and O–H groups in total. The summed E-state index contributed by atoms with van der Waals surface area (Å²) in [4.78, 5) is 17.4. The Morgan fingerprint density at radius 1 is 1.10 bits per heavy atom. The lowest BCUT2D eigenvalue weighted by Crippen LogP contribution is -2.46. The van der Waals surface area contributed by atoms with Crippen molar-refractivity contribution in [1.29, 1.82) is 0 Å². The second kappa shape index (κ2) is 9.42. The third-order valence-corrected chi connectivity index (χ3v) is 5.94. The van der Waals surface area contributed by atoms with Crippen molar-refractivity contribution in [3.05, 3.63) is 65.2 Å². The molecule has 0 bridgehead atoms. The monoisotopic (exact) mass is 393 g/mol. The van der Waals surface area contributed by atoms with Crippen LogP contribution in [0, 0.1) is 6.92 Å². The molecule has 2 fully saturated rings. The Kier molecular flexibility index (Phi) is 6.47. The predicted octanol–water partition coefficient (Wildman–Crippen LogP) is 3.23. The number of nitrogens with one attached hydrogen (secondary N) is 1. The SMILES string of the molecule is Cc1ccccc1N1CCN(Cc2cccc(C(=O)NCC3CCCO3)c2)CC1. The van der Waals surface area contributed by atoms with E-state index < -0.39 is 0 Å². The molecule has 0 aliphatic carbocycles. The highest BCUT2D eigenvalue weighted by Crippen LogP contribution is 2.21. The van der Waals surface area contributed by atoms with Gasteiger partial charge in [-0.3, -0.25) is 9.69 Å². The number of hydrogen-bond donors (Lipinski definition) is 1. The molecule has 1 unspecified atom stereocenters. The van der Waals surface area contributed by atoms with E-state index in [1.165, 1.54) is 16.8 Å². The molecule has 5 nitrogen and oxygen atoms in total. The maximum absolute atomic E-state index is 12.5. The normalized spacial score (nSPS) is 20.0. The minimum atomic E-state index is -0.00766. The number of rotatable bonds is 6. The molecule has 2 aliphatic rings. The molecule has 0 saturated carbocycles. The Morgan fingerprint density at radius 3 is 2.69 bits per heavy atom. The second-order valence-electron chi connectivity index (χ2n) is 8.10. The van der Waals surface area contributed by atoms with E-state index in [4.69, 9.17) is 4.74 Å². The zero-order valence-corrected chi connectivity index (χ0v) is 17.3. The fraction of sp³-hybridized carbons (Fsp3) is 0.458. The Hall–Kier alpha value is -2.37. The molecule has 2 heterocycles. The van der Waals surface area contributed by atoms with Gasteiger partial charge in [-0.05, 0) is 49.1 Å². The van der Waals surface area contributed by atoms with Crippen LogP contribution in [0.5, 0.6) is 0 Å². The van der Waals surface area contributed by atoms with Gasteiger partial charge in [0, 0.05) is 57.1 Å². The molecule has 0 aromatic heterocycles. The Morgan fingerprint density at radius 2 is 1.93 bits per heavy atom. The lowest BCUT2D eigenvalue weighted by Gasteiger charge is -2.36. The van der Waals surface area contributed by atoms with Crippen molar-refractivity contribution in [3.8, 4) is 0 Å². The number of benzene rings is 2. The summed E-state index contributed by atoms with van der Waals surface area (Å²) >= 11 is 0. The van der Waals surface area contributed by atoms with Crippen LogP contribution in [-0.4, -0.2) is 56.2 Å². The molecular weight excluding hydrogens is 362 g/mol. The third kappa shape index (κ3) is 5.17. The third-order valence-electron chi connectivity index (χ3n) is 5.94. The van der Waals surface area contributed by atoms with Crippen LogP contribution in [0.15, 0.2) is 48.5 Å². The lowest BCUT2D eigenvalue weighted by atomic mass is 10.1. The molecule has 1 amide bonds. The summed E-state index contributed by atoms with van der Waals surface area (Å²) in [7, 11) is 0. The van der Waals surface area contributed by atoms with Crippen molar-refractivity contribution in [1.82, 2.24) is 10.2 Å². The molecule has 2 aliphatic heterocycles. The first-order valence-corrected chi connectivity index (χ1v) is 10.7. The molecule has 4 rings (SSSR count). The highest BCUT2D eigenvalue weighted by molar-refractivity contribution is 5.94. The van der Waals surface area contributed by atoms with Crippen LogP contribution in [0.1, 0.15) is 34.3 Å². The number of ether oxygens (including phenoxy) is 1. The van der Waals surface area contributed by atoms with Crippen molar-refractivity contribution in [2.45, 2.75) is 32.4 Å². The van der Waals surface area contributed by atoms with E-state index in [1.807, 2.05) is 18.2 Å². The summed E-state index contributed by atoms with van der Waals surface area (Å²) in [5, 5.41) is 3.02. The van der Waals surface area contributed by atoms with Crippen molar-refractivity contribution in [2.24, 2.45) is 0 Å². The molecule has 2 aromatic rings. The van der Waals surface area contributed by atoms with E-state index in [1.54, 1.807) is 0 Å². The van der Waals surface area contributed by atoms with Crippen LogP contribution < -0.4 is 10.2 Å². The van der Waals surface area contributed by atoms with Gasteiger partial charge in [0.25, 0.3) is 5.91 Å². The summed E-state index contributed by atoms with van der Waals surface area (Å²) in [6.07, 6.45) is 2.30. The number of para-hydroxylation sites is 1. The molecule has 0 radical (unpaired) electrons. The molecule has 5 heteroatoms. The van der Waals surface area contributed by atoms with Gasteiger partial charge < -0.3 is 15.0 Å². The maximum atomic E-state index is 12.5. The van der Waals surface area contributed by atoms with Crippen LogP contribution in [-0.2, 0) is 11.3 Å². The van der Waals surface area contributed by atoms with Crippen LogP contribution in [0.25, 0.3) is 0 Å². The minimum absolute atomic E-state index is 0.00766. The van der Waals surface area contributed by atoms with E-state index in [2.05, 4.69) is 52.4 Å². The van der Waals surface area contributed by atoms with Gasteiger partial charge >= 0.3 is 0 Å². The van der Waals surface area contributed by atoms with Crippen molar-refractivity contribution < 1.29 is 9.53 Å². The van der Waals surface area contributed by atoms with Crippen molar-refractivity contribution in [3.63, 3.8) is 0 Å². The zero-order valence-electron chi connectivity index (χ0n) is 17.3. The fourth-order valence-corrected chi connectivity index (χ4v) is 4.25. The van der Waals surface area contributed by atoms with Gasteiger partial charge in [-0.15, -0.1) is 0 Å². The molecule has 2 saturated heterocycles. The number of carbonyl (C=O) groups excluding carboxylic acids is 1. The maximum Gasteiger partial charge on any atom is 0.251 e. The highest BCUT2D eigenvalue weighted by Gasteiger charge is 2.19. The Bertz CT molecular complexity index is 824. The average molecular weight is 394 g/mol. The van der Waals surface area contributed by atoms with Crippen LogP contribution >= 0.6 is 0 Å². The summed E-state index contributed by atoms with van der Waals surface area (Å²) < 4.78 is 5.59. The van der Waals surface area contributed by atoms with Gasteiger partial charge in [-0.1, -0.05) is 30.3 Å². The number of piperazine rings is 1. The number of nitrogens with zero attached hydrogens (tertiary/aromatic N) is 2. The Balaban J connectivity index is 1.29. The smallest absolute Gasteiger partial charge is 0.251 e. The van der Waals surface area contributed by atoms with Gasteiger partial charge in [-0.2, -0.15) is 0 Å². The average Bonchev–Trinajstić information content (AvgIpc) is 3.27. The number of aryl methyl sites for hydroxylation is 1. The van der Waals surface area contributed by atoms with Crippen LogP contribution in [0.3, 0.4) is 0 Å². The zero-order chi connectivity index (χ0) is 20.1. The number of amides is 1. The van der Waals surface area contributed by atoms with Gasteiger partial charge in [0.05, 0.1) is 6.10 Å². The first kappa shape index (κ1) is 19.9. The van der Waals surface area contributed by atoms with Gasteiger partial charge in [0.1, 0.15) is 0 Å². The van der Waals surface area contributed by atoms with Crippen molar-refractivity contribution >= 4 is 11.6 Å². The first-order valence-electron chi connectivity index (χ1n) is 10.7. The predicted molar refractivity (Wildman–Crippen MR) is 116 cm³/mol. The lowest BCUT2D eigenvalue weighted by molar-refractivity contribution is 0.0857. The van der Waals surface area contributed by atoms with E-state index in [0.29, 0.717) is 6.54 Å². The fourth-order valence-electron chi connectivity index (χ4n) is 4.25. The quantitative estimate of drug-likeness (QED) is 0.819. The molecule has 1 atom stereocenters. The van der Waals surface area contributed by atoms with E-state index in [9.17, 15) is 4.79 Å². The van der Waals surface area contributed by atoms with E-state index in [0.717, 1.165) is 57.7 Å². The molecule has 154 valence electrons. The van der Waals surface area contributed by atoms with Crippen molar-refractivity contribution in [2.75, 3.05) is 44.2 Å². The van der Waals surface area contributed by atoms with E-state index >= 15 is 0 Å². The van der Waals surface area contributed by atoms with Crippen LogP contribution in [0.4, 0.5) is 5.69 Å². The summed E-state index contributed by atoms with van der Waals surface area (Å²) in [5.74, 6) is -0.00766. The van der Waals surface area contributed by atoms with E-state index in [-0.39, 0.29) is 12.0 Å². The molecule has 29 heavy (non-hydrogen) atoms. The standard InChI is InChI=1S/C24H31N3O2/c1-19-6-2-3-10-23(19)27-13-11-26(12-14-27)18-20-7-4-8-21(16-20)24(28)25-17-22-9-5-15-29-22/h2-4,6-8,10,16,22H,5,9,11-15,17-18H2,1H3,(H,25,28). The topological polar surface area (TPSA) is 44.8 Å². The number of anilines is 1.